The zero-order valence-corrected chi connectivity index (χ0v) is 25.2. The Labute approximate surface area is 247 Å². The van der Waals surface area contributed by atoms with E-state index in [0.717, 1.165) is 49.7 Å². The Morgan fingerprint density at radius 3 is 2.71 bits per heavy atom. The Hall–Kier alpha value is -3.46. The van der Waals surface area contributed by atoms with Crippen LogP contribution in [0.5, 0.6) is 5.75 Å². The number of hydrogen-bond donors (Lipinski definition) is 2. The number of rotatable bonds is 7. The van der Waals surface area contributed by atoms with Gasteiger partial charge in [0.1, 0.15) is 11.6 Å². The molecule has 42 heavy (non-hydrogen) atoms. The fourth-order valence-electron chi connectivity index (χ4n) is 7.16. The number of aromatic nitrogens is 2. The maximum atomic E-state index is 14.4. The van der Waals surface area contributed by atoms with E-state index >= 15 is 0 Å². The van der Waals surface area contributed by atoms with Crippen LogP contribution in [-0.4, -0.2) is 59.7 Å². The number of piperazine rings is 1. The van der Waals surface area contributed by atoms with E-state index < -0.39 is 0 Å². The average Bonchev–Trinajstić information content (AvgIpc) is 2.99. The first-order valence-corrected chi connectivity index (χ1v) is 15.3. The number of aliphatic imine (C=N–C) groups is 1. The monoisotopic (exact) mass is 574 g/mol. The maximum Gasteiger partial charge on any atom is 0.261 e. The molecule has 7 rings (SSSR count). The molecule has 3 aromatic rings. The number of aryl methyl sites for hydroxylation is 2. The fourth-order valence-corrected chi connectivity index (χ4v) is 7.16. The summed E-state index contributed by atoms with van der Waals surface area (Å²) in [5, 5.41) is 7.65. The third kappa shape index (κ3) is 5.76. The van der Waals surface area contributed by atoms with Gasteiger partial charge in [-0.25, -0.2) is 9.37 Å². The van der Waals surface area contributed by atoms with Crippen LogP contribution in [-0.2, 0) is 13.0 Å². The second-order valence-corrected chi connectivity index (χ2v) is 13.1. The van der Waals surface area contributed by atoms with Crippen molar-refractivity contribution in [3.05, 3.63) is 64.5 Å². The normalized spacial score (nSPS) is 25.3. The Bertz CT molecular complexity index is 1520. The number of methoxy groups -OCH3 is 1. The summed E-state index contributed by atoms with van der Waals surface area (Å²) in [6.07, 6.45) is 5.87. The van der Waals surface area contributed by atoms with Crippen molar-refractivity contribution < 1.29 is 9.13 Å². The molecule has 1 unspecified atom stereocenters. The lowest BCUT2D eigenvalue weighted by Gasteiger charge is -2.58. The van der Waals surface area contributed by atoms with Gasteiger partial charge in [0.2, 0.25) is 0 Å². The summed E-state index contributed by atoms with van der Waals surface area (Å²) in [5.74, 6) is 3.33. The van der Waals surface area contributed by atoms with Gasteiger partial charge in [-0.1, -0.05) is 19.9 Å². The molecule has 8 nitrogen and oxygen atoms in total. The summed E-state index contributed by atoms with van der Waals surface area (Å²) in [7, 11) is 1.51. The van der Waals surface area contributed by atoms with Gasteiger partial charge in [0.15, 0.2) is 5.96 Å². The second kappa shape index (κ2) is 11.7. The van der Waals surface area contributed by atoms with Crippen molar-refractivity contribution in [2.45, 2.75) is 59.0 Å². The molecule has 4 aliphatic rings. The van der Waals surface area contributed by atoms with Crippen LogP contribution in [0.4, 0.5) is 10.1 Å². The van der Waals surface area contributed by atoms with Crippen molar-refractivity contribution in [3.8, 4) is 5.75 Å². The van der Waals surface area contributed by atoms with Crippen LogP contribution in [0.15, 0.2) is 52.5 Å². The van der Waals surface area contributed by atoms with Gasteiger partial charge in [-0.15, -0.1) is 0 Å². The molecule has 3 saturated carbocycles. The second-order valence-electron chi connectivity index (χ2n) is 13.1. The smallest absolute Gasteiger partial charge is 0.261 e. The average molecular weight is 575 g/mol. The lowest BCUT2D eigenvalue weighted by atomic mass is 9.47. The topological polar surface area (TPSA) is 83.8 Å². The molecule has 9 heteroatoms. The minimum atomic E-state index is -0.340. The number of anilines is 1. The molecule has 0 spiro atoms. The Morgan fingerprint density at radius 1 is 1.19 bits per heavy atom. The lowest BCUT2D eigenvalue weighted by Crippen LogP contribution is -2.53. The van der Waals surface area contributed by atoms with E-state index in [1.807, 2.05) is 18.2 Å². The highest BCUT2D eigenvalue weighted by molar-refractivity contribution is 5.95. The number of ether oxygens (including phenoxy) is 1. The molecule has 1 saturated heterocycles. The van der Waals surface area contributed by atoms with E-state index in [1.54, 1.807) is 23.0 Å². The number of nitrogens with zero attached hydrogens (tertiary/aromatic N) is 4. The highest BCUT2D eigenvalue weighted by Crippen LogP contribution is 2.60. The van der Waals surface area contributed by atoms with Crippen molar-refractivity contribution in [2.24, 2.45) is 28.2 Å². The molecular formula is C33H43FN6O2. The third-order valence-electron chi connectivity index (χ3n) is 10.0. The number of guanidine groups is 1. The van der Waals surface area contributed by atoms with Crippen LogP contribution in [0.3, 0.4) is 0 Å². The van der Waals surface area contributed by atoms with Crippen molar-refractivity contribution in [1.82, 2.24) is 19.8 Å². The predicted octanol–water partition coefficient (Wildman–Crippen LogP) is 4.92. The van der Waals surface area contributed by atoms with Gasteiger partial charge < -0.3 is 20.3 Å². The van der Waals surface area contributed by atoms with E-state index in [0.29, 0.717) is 52.6 Å². The van der Waals surface area contributed by atoms with E-state index in [2.05, 4.69) is 41.3 Å². The molecule has 2 heterocycles. The molecule has 4 fully saturated rings. The minimum absolute atomic E-state index is 0.135. The fraction of sp³-hybridized carbons (Fsp3) is 0.545. The van der Waals surface area contributed by atoms with E-state index in [9.17, 15) is 9.18 Å². The van der Waals surface area contributed by atoms with E-state index in [-0.39, 0.29) is 11.4 Å². The SMILES string of the molecule is COc1ccc(CCn2cnc3cc(N/C(=N/CC4C[C@@H]5C[C@H](C4)C5(C)C)N4CCN[C@@H](C)C4)ccc3c2=O)c(F)c1. The molecule has 0 amide bonds. The summed E-state index contributed by atoms with van der Waals surface area (Å²) in [6.45, 7) is 11.0. The minimum Gasteiger partial charge on any atom is -0.497 e. The first kappa shape index (κ1) is 28.6. The first-order chi connectivity index (χ1) is 20.2. The highest BCUT2D eigenvalue weighted by Gasteiger charge is 2.52. The Morgan fingerprint density at radius 2 is 2.00 bits per heavy atom. The van der Waals surface area contributed by atoms with Crippen molar-refractivity contribution >= 4 is 22.5 Å². The largest absolute Gasteiger partial charge is 0.497 e. The summed E-state index contributed by atoms with van der Waals surface area (Å²) < 4.78 is 21.0. The molecule has 3 aliphatic carbocycles. The van der Waals surface area contributed by atoms with Crippen LogP contribution < -0.4 is 20.9 Å². The summed E-state index contributed by atoms with van der Waals surface area (Å²) in [6, 6.07) is 10.8. The number of benzene rings is 2. The third-order valence-corrected chi connectivity index (χ3v) is 10.0. The molecule has 2 aromatic carbocycles. The maximum absolute atomic E-state index is 14.4. The van der Waals surface area contributed by atoms with Crippen LogP contribution in [0.1, 0.15) is 45.6 Å². The Kier molecular flexibility index (Phi) is 7.96. The van der Waals surface area contributed by atoms with Crippen molar-refractivity contribution in [1.29, 1.82) is 0 Å². The van der Waals surface area contributed by atoms with Gasteiger partial charge in [0.05, 0.1) is 24.3 Å². The van der Waals surface area contributed by atoms with E-state index in [1.165, 1.54) is 32.4 Å². The molecule has 224 valence electrons. The molecule has 1 aliphatic heterocycles. The summed E-state index contributed by atoms with van der Waals surface area (Å²) >= 11 is 0. The van der Waals surface area contributed by atoms with Gasteiger partial charge in [0, 0.05) is 50.5 Å². The van der Waals surface area contributed by atoms with Crippen LogP contribution in [0.2, 0.25) is 0 Å². The predicted molar refractivity (Wildman–Crippen MR) is 166 cm³/mol. The molecule has 1 aromatic heterocycles. The van der Waals surface area contributed by atoms with Crippen LogP contribution >= 0.6 is 0 Å². The number of hydrogen-bond acceptors (Lipinski definition) is 5. The zero-order chi connectivity index (χ0) is 29.4. The summed E-state index contributed by atoms with van der Waals surface area (Å²) in [4.78, 5) is 25.3. The van der Waals surface area contributed by atoms with Crippen LogP contribution in [0.25, 0.3) is 10.9 Å². The number of halogens is 1. The number of nitrogens with one attached hydrogen (secondary N) is 2. The lowest BCUT2D eigenvalue weighted by molar-refractivity contribution is -0.0877. The van der Waals surface area contributed by atoms with Gasteiger partial charge in [-0.2, -0.15) is 0 Å². The molecule has 2 N–H and O–H groups in total. The Balaban J connectivity index is 1.18. The van der Waals surface area contributed by atoms with Crippen LogP contribution in [0, 0.1) is 29.0 Å². The molecular weight excluding hydrogens is 531 g/mol. The first-order valence-electron chi connectivity index (χ1n) is 15.3. The van der Waals surface area contributed by atoms with E-state index in [4.69, 9.17) is 9.73 Å². The quantitative estimate of drug-likeness (QED) is 0.308. The standard InChI is InChI=1S/C33H43FN6O2/c1-21-19-39(12-10-35-21)32(36-18-22-13-24-15-25(14-22)33(24,2)3)38-26-6-8-28-30(16-26)37-20-40(31(28)41)11-9-23-5-7-27(42-4)17-29(23)34/h5-8,16-17,20-22,24-25,35H,9-15,18-19H2,1-4H3,(H,36,38)/t21-,22?,24-,25+/m0/s1. The number of fused-ring (bicyclic) bond motifs is 3. The van der Waals surface area contributed by atoms with Crippen molar-refractivity contribution in [3.63, 3.8) is 0 Å². The van der Waals surface area contributed by atoms with Crippen molar-refractivity contribution in [2.75, 3.05) is 38.6 Å². The highest BCUT2D eigenvalue weighted by atomic mass is 19.1. The zero-order valence-electron chi connectivity index (χ0n) is 25.2. The molecule has 2 bridgehead atoms. The van der Waals surface area contributed by atoms with Gasteiger partial charge >= 0.3 is 0 Å². The molecule has 0 radical (unpaired) electrons. The van der Waals surface area contributed by atoms with Gasteiger partial charge in [-0.05, 0) is 85.6 Å². The van der Waals surface area contributed by atoms with Gasteiger partial charge in [-0.3, -0.25) is 14.4 Å². The van der Waals surface area contributed by atoms with Gasteiger partial charge in [0.25, 0.3) is 5.56 Å². The molecule has 4 atom stereocenters. The summed E-state index contributed by atoms with van der Waals surface area (Å²) in [5.41, 5.74) is 2.39.